The predicted octanol–water partition coefficient (Wildman–Crippen LogP) is 2.05. The van der Waals surface area contributed by atoms with Gasteiger partial charge in [0.15, 0.2) is 0 Å². The minimum absolute atomic E-state index is 0.168. The van der Waals surface area contributed by atoms with Gasteiger partial charge in [-0.15, -0.1) is 0 Å². The van der Waals surface area contributed by atoms with Crippen molar-refractivity contribution in [1.82, 2.24) is 4.90 Å². The molecule has 1 aromatic carbocycles. The Kier molecular flexibility index (Phi) is 8.58. The Morgan fingerprint density at radius 1 is 1.11 bits per heavy atom. The van der Waals surface area contributed by atoms with E-state index in [9.17, 15) is 0 Å². The standard InChI is InChI=1S/C14H22ClNO3/c1-18-12-9-16(8-10-17)7-2-11-19-14-5-3-13(15)4-6-14/h3-6,17H,2,7-12H2,1H3. The number of aliphatic hydroxyl groups is 1. The Bertz CT molecular complexity index is 332. The van der Waals surface area contributed by atoms with E-state index >= 15 is 0 Å². The Morgan fingerprint density at radius 3 is 2.47 bits per heavy atom. The van der Waals surface area contributed by atoms with Crippen molar-refractivity contribution in [3.8, 4) is 5.75 Å². The molecule has 1 N–H and O–H groups in total. The van der Waals surface area contributed by atoms with E-state index in [2.05, 4.69) is 4.90 Å². The number of aliphatic hydroxyl groups excluding tert-OH is 1. The molecule has 0 aliphatic heterocycles. The van der Waals surface area contributed by atoms with E-state index in [4.69, 9.17) is 26.2 Å². The van der Waals surface area contributed by atoms with E-state index in [0.29, 0.717) is 24.8 Å². The SMILES string of the molecule is COCCN(CCO)CCCOc1ccc(Cl)cc1. The average molecular weight is 288 g/mol. The highest BCUT2D eigenvalue weighted by Gasteiger charge is 2.03. The largest absolute Gasteiger partial charge is 0.494 e. The van der Waals surface area contributed by atoms with Gasteiger partial charge in [-0.25, -0.2) is 0 Å². The van der Waals surface area contributed by atoms with Crippen LogP contribution in [0.3, 0.4) is 0 Å². The number of hydrogen-bond donors (Lipinski definition) is 1. The normalized spacial score (nSPS) is 10.9. The number of methoxy groups -OCH3 is 1. The van der Waals surface area contributed by atoms with Crippen LogP contribution in [0.1, 0.15) is 6.42 Å². The first kappa shape index (κ1) is 16.2. The third-order valence-corrected chi connectivity index (χ3v) is 2.98. The van der Waals surface area contributed by atoms with Gasteiger partial charge in [0.2, 0.25) is 0 Å². The van der Waals surface area contributed by atoms with Crippen molar-refractivity contribution in [2.45, 2.75) is 6.42 Å². The topological polar surface area (TPSA) is 41.9 Å². The van der Waals surface area contributed by atoms with Crippen LogP contribution in [0.2, 0.25) is 5.02 Å². The molecule has 4 nitrogen and oxygen atoms in total. The Hall–Kier alpha value is -0.810. The van der Waals surface area contributed by atoms with Crippen LogP contribution in [-0.4, -0.2) is 56.6 Å². The summed E-state index contributed by atoms with van der Waals surface area (Å²) >= 11 is 5.80. The molecule has 0 spiro atoms. The maximum Gasteiger partial charge on any atom is 0.119 e. The number of halogens is 1. The van der Waals surface area contributed by atoms with Crippen molar-refractivity contribution in [2.75, 3.05) is 46.6 Å². The molecule has 0 unspecified atom stereocenters. The summed E-state index contributed by atoms with van der Waals surface area (Å²) < 4.78 is 10.7. The molecule has 0 bridgehead atoms. The van der Waals surface area contributed by atoms with Gasteiger partial charge in [-0.05, 0) is 30.7 Å². The van der Waals surface area contributed by atoms with Gasteiger partial charge in [-0.2, -0.15) is 0 Å². The van der Waals surface area contributed by atoms with E-state index in [0.717, 1.165) is 25.3 Å². The molecular formula is C14H22ClNO3. The van der Waals surface area contributed by atoms with Crippen molar-refractivity contribution < 1.29 is 14.6 Å². The summed E-state index contributed by atoms with van der Waals surface area (Å²) in [5.41, 5.74) is 0. The lowest BCUT2D eigenvalue weighted by molar-refractivity contribution is 0.126. The third kappa shape index (κ3) is 7.38. The van der Waals surface area contributed by atoms with Gasteiger partial charge in [-0.1, -0.05) is 11.6 Å². The number of nitrogens with zero attached hydrogens (tertiary/aromatic N) is 1. The highest BCUT2D eigenvalue weighted by Crippen LogP contribution is 2.15. The number of benzene rings is 1. The van der Waals surface area contributed by atoms with E-state index < -0.39 is 0 Å². The summed E-state index contributed by atoms with van der Waals surface area (Å²) in [7, 11) is 1.68. The average Bonchev–Trinajstić information content (AvgIpc) is 2.42. The van der Waals surface area contributed by atoms with Gasteiger partial charge in [-0.3, -0.25) is 4.90 Å². The van der Waals surface area contributed by atoms with Crippen molar-refractivity contribution in [3.05, 3.63) is 29.3 Å². The van der Waals surface area contributed by atoms with Crippen molar-refractivity contribution >= 4 is 11.6 Å². The summed E-state index contributed by atoms with van der Waals surface area (Å²) in [5.74, 6) is 0.829. The van der Waals surface area contributed by atoms with Gasteiger partial charge in [0.25, 0.3) is 0 Å². The molecule has 0 amide bonds. The summed E-state index contributed by atoms with van der Waals surface area (Å²) in [6.45, 7) is 3.89. The Labute approximate surface area is 119 Å². The molecule has 0 heterocycles. The zero-order valence-corrected chi connectivity index (χ0v) is 12.1. The summed E-state index contributed by atoms with van der Waals surface area (Å²) in [6, 6.07) is 7.35. The van der Waals surface area contributed by atoms with Crippen LogP contribution in [0.5, 0.6) is 5.75 Å². The minimum Gasteiger partial charge on any atom is -0.494 e. The maximum absolute atomic E-state index is 8.97. The molecule has 0 aliphatic rings. The minimum atomic E-state index is 0.168. The van der Waals surface area contributed by atoms with E-state index in [1.807, 2.05) is 24.3 Å². The Morgan fingerprint density at radius 2 is 1.84 bits per heavy atom. The van der Waals surface area contributed by atoms with E-state index in [1.165, 1.54) is 0 Å². The van der Waals surface area contributed by atoms with Gasteiger partial charge < -0.3 is 14.6 Å². The molecule has 0 saturated heterocycles. The fourth-order valence-corrected chi connectivity index (χ4v) is 1.83. The van der Waals surface area contributed by atoms with Gasteiger partial charge in [0.05, 0.1) is 19.8 Å². The second-order valence-corrected chi connectivity index (χ2v) is 4.65. The van der Waals surface area contributed by atoms with Crippen LogP contribution < -0.4 is 4.74 Å². The van der Waals surface area contributed by atoms with Crippen LogP contribution in [0, 0.1) is 0 Å². The molecule has 0 fully saturated rings. The molecule has 0 aromatic heterocycles. The number of rotatable bonds is 10. The molecule has 0 atom stereocenters. The second-order valence-electron chi connectivity index (χ2n) is 4.21. The molecular weight excluding hydrogens is 266 g/mol. The van der Waals surface area contributed by atoms with Gasteiger partial charge >= 0.3 is 0 Å². The lowest BCUT2D eigenvalue weighted by atomic mass is 10.3. The first-order valence-electron chi connectivity index (χ1n) is 6.46. The summed E-state index contributed by atoms with van der Waals surface area (Å²) in [5, 5.41) is 9.68. The van der Waals surface area contributed by atoms with Crippen LogP contribution >= 0.6 is 11.6 Å². The van der Waals surface area contributed by atoms with Crippen molar-refractivity contribution in [3.63, 3.8) is 0 Å². The monoisotopic (exact) mass is 287 g/mol. The highest BCUT2D eigenvalue weighted by molar-refractivity contribution is 6.30. The van der Waals surface area contributed by atoms with E-state index in [1.54, 1.807) is 7.11 Å². The molecule has 1 aromatic rings. The zero-order valence-electron chi connectivity index (χ0n) is 11.3. The van der Waals surface area contributed by atoms with Crippen molar-refractivity contribution in [2.24, 2.45) is 0 Å². The molecule has 19 heavy (non-hydrogen) atoms. The fourth-order valence-electron chi connectivity index (χ4n) is 1.71. The Balaban J connectivity index is 2.18. The summed E-state index contributed by atoms with van der Waals surface area (Å²) in [6.07, 6.45) is 0.909. The number of ether oxygens (including phenoxy) is 2. The predicted molar refractivity (Wildman–Crippen MR) is 77.0 cm³/mol. The van der Waals surface area contributed by atoms with Crippen molar-refractivity contribution in [1.29, 1.82) is 0 Å². The second kappa shape index (κ2) is 10.0. The molecule has 108 valence electrons. The van der Waals surface area contributed by atoms with Gasteiger partial charge in [0.1, 0.15) is 5.75 Å². The summed E-state index contributed by atoms with van der Waals surface area (Å²) in [4.78, 5) is 2.16. The van der Waals surface area contributed by atoms with Crippen LogP contribution in [0.25, 0.3) is 0 Å². The zero-order chi connectivity index (χ0) is 13.9. The first-order chi connectivity index (χ1) is 9.26. The molecule has 0 radical (unpaired) electrons. The quantitative estimate of drug-likeness (QED) is 0.669. The lowest BCUT2D eigenvalue weighted by Crippen LogP contribution is -2.32. The lowest BCUT2D eigenvalue weighted by Gasteiger charge is -2.20. The molecule has 0 saturated carbocycles. The molecule has 0 aliphatic carbocycles. The fraction of sp³-hybridized carbons (Fsp3) is 0.571. The van der Waals surface area contributed by atoms with E-state index in [-0.39, 0.29) is 6.61 Å². The highest BCUT2D eigenvalue weighted by atomic mass is 35.5. The number of hydrogen-bond acceptors (Lipinski definition) is 4. The maximum atomic E-state index is 8.97. The smallest absolute Gasteiger partial charge is 0.119 e. The van der Waals surface area contributed by atoms with Crippen LogP contribution in [0.15, 0.2) is 24.3 Å². The van der Waals surface area contributed by atoms with Crippen LogP contribution in [-0.2, 0) is 4.74 Å². The third-order valence-electron chi connectivity index (χ3n) is 2.73. The van der Waals surface area contributed by atoms with Gasteiger partial charge in [0, 0.05) is 31.8 Å². The van der Waals surface area contributed by atoms with Crippen LogP contribution in [0.4, 0.5) is 0 Å². The molecule has 1 rings (SSSR count). The molecule has 5 heteroatoms. The first-order valence-corrected chi connectivity index (χ1v) is 6.84.